The topological polar surface area (TPSA) is 88.5 Å². The maximum absolute atomic E-state index is 12.5. The van der Waals surface area contributed by atoms with Crippen molar-refractivity contribution in [3.63, 3.8) is 0 Å². The predicted octanol–water partition coefficient (Wildman–Crippen LogP) is 4.85. The highest BCUT2D eigenvalue weighted by molar-refractivity contribution is 5.94. The van der Waals surface area contributed by atoms with Crippen molar-refractivity contribution >= 4 is 5.97 Å². The summed E-state index contributed by atoms with van der Waals surface area (Å²) in [5, 5.41) is 21.5. The van der Waals surface area contributed by atoms with Gasteiger partial charge in [0.15, 0.2) is 11.5 Å². The van der Waals surface area contributed by atoms with Crippen LogP contribution in [0.15, 0.2) is 65.0 Å². The van der Waals surface area contributed by atoms with Crippen LogP contribution in [-0.4, -0.2) is 59.5 Å². The molecule has 216 valence electrons. The van der Waals surface area contributed by atoms with Gasteiger partial charge in [0.2, 0.25) is 5.76 Å². The van der Waals surface area contributed by atoms with Crippen LogP contribution < -0.4 is 0 Å². The molecule has 6 unspecified atom stereocenters. The molecule has 4 aliphatic heterocycles. The van der Waals surface area contributed by atoms with Gasteiger partial charge in [-0.05, 0) is 55.6 Å². The summed E-state index contributed by atoms with van der Waals surface area (Å²) in [6.07, 6.45) is 11.7. The van der Waals surface area contributed by atoms with Crippen molar-refractivity contribution in [2.45, 2.75) is 82.9 Å². The lowest BCUT2D eigenvalue weighted by atomic mass is 9.73. The van der Waals surface area contributed by atoms with Crippen molar-refractivity contribution in [3.8, 4) is 0 Å². The zero-order valence-electron chi connectivity index (χ0n) is 23.8. The molecule has 5 aliphatic rings. The second-order valence-electron chi connectivity index (χ2n) is 12.4. The van der Waals surface area contributed by atoms with E-state index in [4.69, 9.17) is 14.2 Å². The van der Waals surface area contributed by atoms with Crippen LogP contribution in [0, 0.1) is 23.7 Å². The number of ether oxygens (including phenoxy) is 3. The monoisotopic (exact) mass is 549 g/mol. The standard InChI is InChI=1S/C33H43NO6/c1-20-29-26-17-23(15-21-9-4-3-5-10-21)16-25(27(36)18-22-11-6-7-12-22)34(26)14-8-13-28(29)39-30(20)32-31(38-2)24(19-35)33(37)40-32/h3-5,9-10,13,20,22-23,25-27,29,35-36H,6-8,11-12,14-19H2,1-2H3. The number of benzene rings is 1. The summed E-state index contributed by atoms with van der Waals surface area (Å²) in [6.45, 7) is 2.60. The molecule has 0 spiro atoms. The van der Waals surface area contributed by atoms with Crippen molar-refractivity contribution in [1.82, 2.24) is 4.90 Å². The number of nitrogens with zero attached hydrogens (tertiary/aromatic N) is 1. The summed E-state index contributed by atoms with van der Waals surface area (Å²) in [7, 11) is 1.48. The number of fused-ring (bicyclic) bond motifs is 3. The molecule has 4 heterocycles. The first kappa shape index (κ1) is 27.6. The fourth-order valence-corrected chi connectivity index (χ4v) is 8.17. The second kappa shape index (κ2) is 11.7. The number of allylic oxidation sites excluding steroid dienone is 1. The van der Waals surface area contributed by atoms with Crippen LogP contribution in [0.25, 0.3) is 0 Å². The van der Waals surface area contributed by atoms with Crippen LogP contribution >= 0.6 is 0 Å². The van der Waals surface area contributed by atoms with Crippen molar-refractivity contribution < 1.29 is 29.2 Å². The SMILES string of the molecule is COC1=C(CO)C(=O)OC1=C1OC2=CCCN3C(C(O)CC4CCCC4)CC(Cc4ccccc4)CC3C2C1C. The molecule has 1 aliphatic carbocycles. The Morgan fingerprint density at radius 3 is 2.60 bits per heavy atom. The van der Waals surface area contributed by atoms with E-state index < -0.39 is 12.6 Å². The van der Waals surface area contributed by atoms with Gasteiger partial charge in [-0.2, -0.15) is 0 Å². The Morgan fingerprint density at radius 2 is 1.88 bits per heavy atom. The zero-order valence-corrected chi connectivity index (χ0v) is 23.8. The molecular formula is C33H43NO6. The largest absolute Gasteiger partial charge is 0.492 e. The molecular weight excluding hydrogens is 506 g/mol. The second-order valence-corrected chi connectivity index (χ2v) is 12.4. The van der Waals surface area contributed by atoms with Gasteiger partial charge < -0.3 is 24.4 Å². The molecule has 6 rings (SSSR count). The van der Waals surface area contributed by atoms with E-state index in [1.807, 2.05) is 0 Å². The minimum absolute atomic E-state index is 0.0501. The molecule has 2 saturated heterocycles. The fraction of sp³-hybridized carbons (Fsp3) is 0.606. The Kier molecular flexibility index (Phi) is 8.07. The minimum Gasteiger partial charge on any atom is -0.492 e. The average molecular weight is 550 g/mol. The lowest BCUT2D eigenvalue weighted by Crippen LogP contribution is -2.57. The Bertz CT molecular complexity index is 1180. The smallest absolute Gasteiger partial charge is 0.345 e. The van der Waals surface area contributed by atoms with Gasteiger partial charge in [0.1, 0.15) is 11.3 Å². The van der Waals surface area contributed by atoms with E-state index in [-0.39, 0.29) is 41.4 Å². The molecule has 1 aromatic rings. The summed E-state index contributed by atoms with van der Waals surface area (Å²) in [6, 6.07) is 11.0. The van der Waals surface area contributed by atoms with Gasteiger partial charge in [-0.1, -0.05) is 62.9 Å². The first-order chi connectivity index (χ1) is 19.5. The Labute approximate surface area is 237 Å². The molecule has 2 N–H and O–H groups in total. The normalized spacial score (nSPS) is 33.6. The molecule has 0 amide bonds. The zero-order chi connectivity index (χ0) is 27.8. The van der Waals surface area contributed by atoms with E-state index in [1.54, 1.807) is 0 Å². The van der Waals surface area contributed by atoms with Crippen LogP contribution in [0.1, 0.15) is 63.9 Å². The third kappa shape index (κ3) is 5.12. The summed E-state index contributed by atoms with van der Waals surface area (Å²) < 4.78 is 17.6. The Morgan fingerprint density at radius 1 is 1.10 bits per heavy atom. The molecule has 7 heteroatoms. The van der Waals surface area contributed by atoms with E-state index in [1.165, 1.54) is 38.4 Å². The molecule has 3 fully saturated rings. The highest BCUT2D eigenvalue weighted by Gasteiger charge is 2.51. The van der Waals surface area contributed by atoms with Gasteiger partial charge in [0, 0.05) is 30.5 Å². The number of hydrogen-bond acceptors (Lipinski definition) is 7. The third-order valence-electron chi connectivity index (χ3n) is 10.0. The van der Waals surface area contributed by atoms with Crippen molar-refractivity contribution in [2.75, 3.05) is 20.3 Å². The molecule has 7 nitrogen and oxygen atoms in total. The summed E-state index contributed by atoms with van der Waals surface area (Å²) in [5.74, 6) is 2.61. The number of carbonyl (C=O) groups is 1. The number of esters is 1. The van der Waals surface area contributed by atoms with E-state index in [2.05, 4.69) is 48.2 Å². The molecule has 0 radical (unpaired) electrons. The first-order valence-corrected chi connectivity index (χ1v) is 15.2. The number of rotatable bonds is 7. The van der Waals surface area contributed by atoms with Crippen molar-refractivity contribution in [3.05, 3.63) is 70.6 Å². The maximum atomic E-state index is 12.5. The summed E-state index contributed by atoms with van der Waals surface area (Å²) >= 11 is 0. The molecule has 0 bridgehead atoms. The highest BCUT2D eigenvalue weighted by Crippen LogP contribution is 2.50. The number of aliphatic hydroxyl groups is 2. The van der Waals surface area contributed by atoms with E-state index >= 15 is 0 Å². The number of hydrogen-bond donors (Lipinski definition) is 2. The van der Waals surface area contributed by atoms with Gasteiger partial charge in [-0.15, -0.1) is 0 Å². The van der Waals surface area contributed by atoms with Crippen molar-refractivity contribution in [1.29, 1.82) is 0 Å². The van der Waals surface area contributed by atoms with Crippen LogP contribution in [0.3, 0.4) is 0 Å². The third-order valence-corrected chi connectivity index (χ3v) is 10.0. The van der Waals surface area contributed by atoms with Crippen LogP contribution in [0.2, 0.25) is 0 Å². The fourth-order valence-electron chi connectivity index (χ4n) is 8.17. The molecule has 6 atom stereocenters. The van der Waals surface area contributed by atoms with Crippen LogP contribution in [0.5, 0.6) is 0 Å². The summed E-state index contributed by atoms with van der Waals surface area (Å²) in [4.78, 5) is 15.1. The highest BCUT2D eigenvalue weighted by atomic mass is 16.6. The van der Waals surface area contributed by atoms with Gasteiger partial charge in [-0.3, -0.25) is 4.90 Å². The van der Waals surface area contributed by atoms with Crippen LogP contribution in [-0.2, 0) is 25.4 Å². The molecule has 40 heavy (non-hydrogen) atoms. The summed E-state index contributed by atoms with van der Waals surface area (Å²) in [5.41, 5.74) is 1.47. The number of piperidine rings is 1. The van der Waals surface area contributed by atoms with E-state index in [9.17, 15) is 15.0 Å². The predicted molar refractivity (Wildman–Crippen MR) is 150 cm³/mol. The first-order valence-electron chi connectivity index (χ1n) is 15.2. The molecule has 1 aromatic carbocycles. The number of carbonyl (C=O) groups excluding carboxylic acids is 1. The average Bonchev–Trinajstić information content (AvgIpc) is 3.63. The quantitative estimate of drug-likeness (QED) is 0.470. The maximum Gasteiger partial charge on any atom is 0.345 e. The van der Waals surface area contributed by atoms with Gasteiger partial charge in [-0.25, -0.2) is 4.79 Å². The van der Waals surface area contributed by atoms with Crippen LogP contribution in [0.4, 0.5) is 0 Å². The van der Waals surface area contributed by atoms with Gasteiger partial charge in [0.25, 0.3) is 0 Å². The molecule has 1 saturated carbocycles. The van der Waals surface area contributed by atoms with E-state index in [0.717, 1.165) is 44.4 Å². The lowest BCUT2D eigenvalue weighted by molar-refractivity contribution is -0.133. The number of methoxy groups -OCH3 is 1. The van der Waals surface area contributed by atoms with Gasteiger partial charge >= 0.3 is 5.97 Å². The number of cyclic esters (lactones) is 1. The van der Waals surface area contributed by atoms with Gasteiger partial charge in [0.05, 0.1) is 19.8 Å². The van der Waals surface area contributed by atoms with Crippen molar-refractivity contribution in [2.24, 2.45) is 23.7 Å². The molecule has 0 aromatic heterocycles. The Hall–Kier alpha value is -2.61. The Balaban J connectivity index is 1.33. The van der Waals surface area contributed by atoms with E-state index in [0.29, 0.717) is 23.4 Å². The lowest BCUT2D eigenvalue weighted by Gasteiger charge is -2.49. The number of aliphatic hydroxyl groups excluding tert-OH is 2. The minimum atomic E-state index is -0.587.